The van der Waals surface area contributed by atoms with Gasteiger partial charge in [-0.15, -0.1) is 0 Å². The molecule has 0 aliphatic rings. The van der Waals surface area contributed by atoms with Crippen molar-refractivity contribution in [3.8, 4) is 11.1 Å². The summed E-state index contributed by atoms with van der Waals surface area (Å²) in [5.41, 5.74) is 4.95. The Labute approximate surface area is 146 Å². The summed E-state index contributed by atoms with van der Waals surface area (Å²) in [5.74, 6) is 0. The van der Waals surface area contributed by atoms with Crippen molar-refractivity contribution >= 4 is 26.8 Å². The molecular formula is C21H22BrN. The molecule has 0 fully saturated rings. The van der Waals surface area contributed by atoms with Crippen LogP contribution in [0.2, 0.25) is 0 Å². The van der Waals surface area contributed by atoms with Crippen LogP contribution in [-0.4, -0.2) is 4.98 Å². The van der Waals surface area contributed by atoms with Gasteiger partial charge in [-0.2, -0.15) is 0 Å². The van der Waals surface area contributed by atoms with Crippen molar-refractivity contribution in [1.29, 1.82) is 0 Å². The van der Waals surface area contributed by atoms with E-state index in [4.69, 9.17) is 0 Å². The zero-order valence-corrected chi connectivity index (χ0v) is 15.1. The van der Waals surface area contributed by atoms with Crippen molar-refractivity contribution in [2.45, 2.75) is 39.0 Å². The Morgan fingerprint density at radius 3 is 2.52 bits per heavy atom. The highest BCUT2D eigenvalue weighted by molar-refractivity contribution is 9.10. The van der Waals surface area contributed by atoms with E-state index in [0.29, 0.717) is 0 Å². The van der Waals surface area contributed by atoms with Gasteiger partial charge in [-0.25, -0.2) is 4.98 Å². The zero-order chi connectivity index (χ0) is 16.1. The normalized spacial score (nSPS) is 11.0. The molecular weight excluding hydrogens is 346 g/mol. The Kier molecular flexibility index (Phi) is 5.45. The summed E-state index contributed by atoms with van der Waals surface area (Å²) >= 11 is 3.55. The maximum Gasteiger partial charge on any atom is 0.107 e. The van der Waals surface area contributed by atoms with Gasteiger partial charge in [0.2, 0.25) is 0 Å². The van der Waals surface area contributed by atoms with E-state index in [-0.39, 0.29) is 0 Å². The standard InChI is InChI=1S/C21H22BrN/c1-2-3-4-6-9-16-12-13-20-19(14-16)18(15-21(22)23-20)17-10-7-5-8-11-17/h5,7-8,10-15H,2-4,6,9H2,1H3. The summed E-state index contributed by atoms with van der Waals surface area (Å²) in [6.45, 7) is 2.26. The molecule has 0 unspecified atom stereocenters. The second-order valence-corrected chi connectivity index (χ2v) is 6.83. The van der Waals surface area contributed by atoms with Crippen LogP contribution < -0.4 is 0 Å². The topological polar surface area (TPSA) is 12.9 Å². The van der Waals surface area contributed by atoms with Crippen molar-refractivity contribution in [3.05, 3.63) is 64.8 Å². The predicted octanol–water partition coefficient (Wildman–Crippen LogP) is 6.79. The number of pyridine rings is 1. The summed E-state index contributed by atoms with van der Waals surface area (Å²) < 4.78 is 0.888. The fourth-order valence-corrected chi connectivity index (χ4v) is 3.43. The van der Waals surface area contributed by atoms with Crippen LogP contribution in [0.5, 0.6) is 0 Å². The molecule has 0 amide bonds. The van der Waals surface area contributed by atoms with Crippen LogP contribution in [0, 0.1) is 0 Å². The first-order valence-corrected chi connectivity index (χ1v) is 9.22. The highest BCUT2D eigenvalue weighted by Gasteiger charge is 2.08. The fraction of sp³-hybridized carbons (Fsp3) is 0.286. The summed E-state index contributed by atoms with van der Waals surface area (Å²) in [4.78, 5) is 4.63. The summed E-state index contributed by atoms with van der Waals surface area (Å²) in [6, 6.07) is 19.4. The first-order chi connectivity index (χ1) is 11.3. The van der Waals surface area contributed by atoms with Crippen LogP contribution in [0.25, 0.3) is 22.0 Å². The molecule has 3 rings (SSSR count). The van der Waals surface area contributed by atoms with Gasteiger partial charge in [0.15, 0.2) is 0 Å². The summed E-state index contributed by atoms with van der Waals surface area (Å²) in [5, 5.41) is 1.24. The van der Waals surface area contributed by atoms with E-state index in [0.717, 1.165) is 16.5 Å². The Morgan fingerprint density at radius 1 is 0.913 bits per heavy atom. The highest BCUT2D eigenvalue weighted by Crippen LogP contribution is 2.31. The van der Waals surface area contributed by atoms with Crippen molar-refractivity contribution < 1.29 is 0 Å². The monoisotopic (exact) mass is 367 g/mol. The van der Waals surface area contributed by atoms with Gasteiger partial charge >= 0.3 is 0 Å². The fourth-order valence-electron chi connectivity index (χ4n) is 3.01. The molecule has 1 heterocycles. The van der Waals surface area contributed by atoms with Gasteiger partial charge in [0.05, 0.1) is 5.52 Å². The molecule has 0 bridgehead atoms. The largest absolute Gasteiger partial charge is 0.241 e. The molecule has 2 heteroatoms. The molecule has 0 atom stereocenters. The zero-order valence-electron chi connectivity index (χ0n) is 13.6. The van der Waals surface area contributed by atoms with Crippen molar-refractivity contribution in [1.82, 2.24) is 4.98 Å². The molecule has 0 aliphatic carbocycles. The van der Waals surface area contributed by atoms with Gasteiger partial charge in [0.25, 0.3) is 0 Å². The Morgan fingerprint density at radius 2 is 1.74 bits per heavy atom. The van der Waals surface area contributed by atoms with Crippen LogP contribution in [0.15, 0.2) is 59.2 Å². The molecule has 23 heavy (non-hydrogen) atoms. The molecule has 0 N–H and O–H groups in total. The minimum absolute atomic E-state index is 0.888. The molecule has 3 aromatic rings. The summed E-state index contributed by atoms with van der Waals surface area (Å²) in [6.07, 6.45) is 6.36. The third-order valence-electron chi connectivity index (χ3n) is 4.25. The predicted molar refractivity (Wildman–Crippen MR) is 103 cm³/mol. The number of hydrogen-bond donors (Lipinski definition) is 0. The average Bonchev–Trinajstić information content (AvgIpc) is 2.59. The van der Waals surface area contributed by atoms with Gasteiger partial charge in [-0.1, -0.05) is 62.6 Å². The smallest absolute Gasteiger partial charge is 0.107 e. The van der Waals surface area contributed by atoms with Gasteiger partial charge in [0, 0.05) is 5.39 Å². The van der Waals surface area contributed by atoms with E-state index in [9.17, 15) is 0 Å². The number of nitrogens with zero attached hydrogens (tertiary/aromatic N) is 1. The van der Waals surface area contributed by atoms with Crippen LogP contribution in [-0.2, 0) is 6.42 Å². The van der Waals surface area contributed by atoms with E-state index in [1.807, 2.05) is 0 Å². The maximum atomic E-state index is 4.63. The van der Waals surface area contributed by atoms with E-state index in [1.165, 1.54) is 47.8 Å². The lowest BCUT2D eigenvalue weighted by Gasteiger charge is -2.10. The van der Waals surface area contributed by atoms with E-state index in [1.54, 1.807) is 0 Å². The number of aromatic nitrogens is 1. The average molecular weight is 368 g/mol. The number of benzene rings is 2. The van der Waals surface area contributed by atoms with Gasteiger partial charge in [0.1, 0.15) is 4.60 Å². The first-order valence-electron chi connectivity index (χ1n) is 8.42. The second-order valence-electron chi connectivity index (χ2n) is 6.02. The van der Waals surface area contributed by atoms with Crippen LogP contribution >= 0.6 is 15.9 Å². The lowest BCUT2D eigenvalue weighted by molar-refractivity contribution is 0.667. The molecule has 0 spiro atoms. The molecule has 0 aliphatic heterocycles. The molecule has 2 aromatic carbocycles. The van der Waals surface area contributed by atoms with Crippen molar-refractivity contribution in [2.75, 3.05) is 0 Å². The van der Waals surface area contributed by atoms with E-state index < -0.39 is 0 Å². The molecule has 0 saturated carbocycles. The SMILES string of the molecule is CCCCCCc1ccc2nc(Br)cc(-c3ccccc3)c2c1. The first kappa shape index (κ1) is 16.2. The Hall–Kier alpha value is -1.67. The minimum atomic E-state index is 0.888. The van der Waals surface area contributed by atoms with Gasteiger partial charge < -0.3 is 0 Å². The third kappa shape index (κ3) is 4.00. The molecule has 118 valence electrons. The number of unbranched alkanes of at least 4 members (excludes halogenated alkanes) is 3. The number of aryl methyl sites for hydroxylation is 1. The minimum Gasteiger partial charge on any atom is -0.241 e. The highest BCUT2D eigenvalue weighted by atomic mass is 79.9. The molecule has 1 nitrogen and oxygen atoms in total. The quantitative estimate of drug-likeness (QED) is 0.345. The van der Waals surface area contributed by atoms with E-state index in [2.05, 4.69) is 82.4 Å². The van der Waals surface area contributed by atoms with Gasteiger partial charge in [-0.05, 0) is 63.7 Å². The lowest BCUT2D eigenvalue weighted by atomic mass is 9.98. The van der Waals surface area contributed by atoms with Crippen LogP contribution in [0.3, 0.4) is 0 Å². The number of rotatable bonds is 6. The number of fused-ring (bicyclic) bond motifs is 1. The Balaban J connectivity index is 1.98. The molecule has 0 radical (unpaired) electrons. The number of hydrogen-bond acceptors (Lipinski definition) is 1. The van der Waals surface area contributed by atoms with Crippen LogP contribution in [0.4, 0.5) is 0 Å². The van der Waals surface area contributed by atoms with Crippen molar-refractivity contribution in [3.63, 3.8) is 0 Å². The Bertz CT molecular complexity index is 780. The molecule has 0 saturated heterocycles. The van der Waals surface area contributed by atoms with Gasteiger partial charge in [-0.3, -0.25) is 0 Å². The maximum absolute atomic E-state index is 4.63. The molecule has 1 aromatic heterocycles. The van der Waals surface area contributed by atoms with Crippen molar-refractivity contribution in [2.24, 2.45) is 0 Å². The van der Waals surface area contributed by atoms with Crippen LogP contribution in [0.1, 0.15) is 38.2 Å². The third-order valence-corrected chi connectivity index (χ3v) is 4.65. The lowest BCUT2D eigenvalue weighted by Crippen LogP contribution is -1.90. The summed E-state index contributed by atoms with van der Waals surface area (Å²) in [7, 11) is 0. The number of halogens is 1. The second kappa shape index (κ2) is 7.74. The van der Waals surface area contributed by atoms with E-state index >= 15 is 0 Å².